The van der Waals surface area contributed by atoms with E-state index in [2.05, 4.69) is 60.4 Å². The fourth-order valence-electron chi connectivity index (χ4n) is 6.22. The van der Waals surface area contributed by atoms with Crippen LogP contribution in [0.25, 0.3) is 26.9 Å². The number of hydrogen-bond acceptors (Lipinski definition) is 4. The lowest BCUT2D eigenvalue weighted by Gasteiger charge is -2.37. The van der Waals surface area contributed by atoms with Crippen LogP contribution < -0.4 is 0 Å². The summed E-state index contributed by atoms with van der Waals surface area (Å²) in [6.07, 6.45) is 5.76. The van der Waals surface area contributed by atoms with Crippen LogP contribution in [0.1, 0.15) is 60.0 Å². The van der Waals surface area contributed by atoms with E-state index in [0.29, 0.717) is 10.8 Å². The van der Waals surface area contributed by atoms with Gasteiger partial charge in [0.25, 0.3) is 0 Å². The number of para-hydroxylation sites is 1. The van der Waals surface area contributed by atoms with E-state index in [1.54, 1.807) is 0 Å². The first-order valence-corrected chi connectivity index (χ1v) is 14.6. The normalized spacial score (nSPS) is 20.7. The molecule has 38 heavy (non-hydrogen) atoms. The number of carbonyl (C=O) groups is 1. The van der Waals surface area contributed by atoms with Crippen LogP contribution in [0.15, 0.2) is 78.4 Å². The number of rotatable bonds is 6. The molecule has 4 aromatic rings. The van der Waals surface area contributed by atoms with Gasteiger partial charge in [0.2, 0.25) is 0 Å². The molecule has 0 unspecified atom stereocenters. The van der Waals surface area contributed by atoms with Crippen LogP contribution in [0, 0.1) is 11.8 Å². The van der Waals surface area contributed by atoms with E-state index in [4.69, 9.17) is 4.98 Å². The van der Waals surface area contributed by atoms with Crippen LogP contribution in [0.3, 0.4) is 0 Å². The zero-order chi connectivity index (χ0) is 26.1. The van der Waals surface area contributed by atoms with Gasteiger partial charge in [-0.25, -0.2) is 4.79 Å². The Balaban J connectivity index is 1.35. The van der Waals surface area contributed by atoms with Gasteiger partial charge in [0, 0.05) is 35.5 Å². The Hall–Kier alpha value is -3.28. The van der Waals surface area contributed by atoms with Crippen molar-refractivity contribution in [1.29, 1.82) is 0 Å². The van der Waals surface area contributed by atoms with Crippen molar-refractivity contribution in [2.24, 2.45) is 11.8 Å². The molecule has 1 saturated carbocycles. The number of nitrogens with zero attached hydrogens (tertiary/aromatic N) is 2. The van der Waals surface area contributed by atoms with Crippen molar-refractivity contribution in [3.8, 4) is 10.4 Å². The quantitative estimate of drug-likeness (QED) is 0.278. The first kappa shape index (κ1) is 25.0. The zero-order valence-electron chi connectivity index (χ0n) is 21.9. The lowest BCUT2D eigenvalue weighted by Crippen LogP contribution is -2.34. The molecule has 2 aromatic carbocycles. The van der Waals surface area contributed by atoms with Gasteiger partial charge in [-0.15, -0.1) is 11.3 Å². The van der Waals surface area contributed by atoms with Crippen LogP contribution in [0.4, 0.5) is 0 Å². The molecule has 0 bridgehead atoms. The Kier molecular flexibility index (Phi) is 7.14. The van der Waals surface area contributed by atoms with Crippen LogP contribution in [-0.2, 0) is 6.54 Å². The summed E-state index contributed by atoms with van der Waals surface area (Å²) in [5, 5.41) is 11.4. The zero-order valence-corrected chi connectivity index (χ0v) is 22.7. The lowest BCUT2D eigenvalue weighted by molar-refractivity contribution is 0.0702. The molecule has 0 amide bonds. The molecule has 0 saturated heterocycles. The summed E-state index contributed by atoms with van der Waals surface area (Å²) in [6, 6.07) is 24.9. The van der Waals surface area contributed by atoms with Crippen molar-refractivity contribution in [3.05, 3.63) is 94.5 Å². The summed E-state index contributed by atoms with van der Waals surface area (Å²) < 4.78 is 0. The predicted octanol–water partition coefficient (Wildman–Crippen LogP) is 8.15. The second kappa shape index (κ2) is 10.8. The van der Waals surface area contributed by atoms with Crippen LogP contribution in [0.5, 0.6) is 0 Å². The van der Waals surface area contributed by atoms with E-state index in [1.807, 2.05) is 24.3 Å². The first-order chi connectivity index (χ1) is 18.5. The molecule has 4 nitrogen and oxygen atoms in total. The van der Waals surface area contributed by atoms with E-state index in [-0.39, 0.29) is 0 Å². The smallest absolute Gasteiger partial charge is 0.346 e. The van der Waals surface area contributed by atoms with Gasteiger partial charge >= 0.3 is 5.97 Å². The van der Waals surface area contributed by atoms with Crippen molar-refractivity contribution >= 4 is 33.8 Å². The standard InChI is InChI=1S/C33H34N2O2S/c1-22-11-13-23(14-12-22)29-21-35(20-26-16-15-24-7-5-6-10-30(24)34-26)18-17-27(29)28-19-31(38-32(28)33(36)37)25-8-3-2-4-9-25/h2-10,15-16,19,22-23H,11-14,17-18,20-21H2,1H3,(H,36,37). The van der Waals surface area contributed by atoms with E-state index in [1.165, 1.54) is 53.6 Å². The van der Waals surface area contributed by atoms with Gasteiger partial charge in [0.1, 0.15) is 4.88 Å². The average Bonchev–Trinajstić information content (AvgIpc) is 3.40. The number of benzene rings is 2. The van der Waals surface area contributed by atoms with Gasteiger partial charge in [-0.3, -0.25) is 9.88 Å². The molecule has 2 aromatic heterocycles. The van der Waals surface area contributed by atoms with Gasteiger partial charge in [0.15, 0.2) is 0 Å². The summed E-state index contributed by atoms with van der Waals surface area (Å²) in [5.41, 5.74) is 6.90. The van der Waals surface area contributed by atoms with Gasteiger partial charge < -0.3 is 5.11 Å². The monoisotopic (exact) mass is 522 g/mol. The molecule has 1 N–H and O–H groups in total. The summed E-state index contributed by atoms with van der Waals surface area (Å²) in [5.74, 6) is 0.478. The number of thiophene rings is 1. The largest absolute Gasteiger partial charge is 0.477 e. The summed E-state index contributed by atoms with van der Waals surface area (Å²) in [7, 11) is 0. The molecule has 5 heteroatoms. The minimum absolute atomic E-state index is 0.477. The summed E-state index contributed by atoms with van der Waals surface area (Å²) >= 11 is 1.41. The number of fused-ring (bicyclic) bond motifs is 1. The third-order valence-electron chi connectivity index (χ3n) is 8.32. The highest BCUT2D eigenvalue weighted by molar-refractivity contribution is 7.17. The van der Waals surface area contributed by atoms with Gasteiger partial charge in [-0.2, -0.15) is 0 Å². The number of hydrogen-bond donors (Lipinski definition) is 1. The number of aromatic carboxylic acids is 1. The molecular weight excluding hydrogens is 488 g/mol. The van der Waals surface area contributed by atoms with E-state index < -0.39 is 5.97 Å². The lowest BCUT2D eigenvalue weighted by atomic mass is 9.75. The van der Waals surface area contributed by atoms with E-state index in [9.17, 15) is 9.90 Å². The fraction of sp³-hybridized carbons (Fsp3) is 0.333. The maximum atomic E-state index is 12.4. The number of aromatic nitrogens is 1. The van der Waals surface area contributed by atoms with E-state index >= 15 is 0 Å². The van der Waals surface area contributed by atoms with Crippen molar-refractivity contribution < 1.29 is 9.90 Å². The molecule has 1 aliphatic heterocycles. The first-order valence-electron chi connectivity index (χ1n) is 13.8. The third kappa shape index (κ3) is 5.18. The maximum absolute atomic E-state index is 12.4. The molecular formula is C33H34N2O2S. The summed E-state index contributed by atoms with van der Waals surface area (Å²) in [4.78, 5) is 21.4. The molecule has 1 aliphatic carbocycles. The van der Waals surface area contributed by atoms with Crippen molar-refractivity contribution in [1.82, 2.24) is 9.88 Å². The average molecular weight is 523 g/mol. The minimum Gasteiger partial charge on any atom is -0.477 e. The second-order valence-electron chi connectivity index (χ2n) is 10.9. The number of pyridine rings is 1. The van der Waals surface area contributed by atoms with Gasteiger partial charge in [-0.1, -0.05) is 74.4 Å². The second-order valence-corrected chi connectivity index (χ2v) is 12.0. The number of carboxylic acid groups (broad SMARTS) is 1. The predicted molar refractivity (Wildman–Crippen MR) is 156 cm³/mol. The maximum Gasteiger partial charge on any atom is 0.346 e. The van der Waals surface area contributed by atoms with Crippen LogP contribution in [0.2, 0.25) is 0 Å². The van der Waals surface area contributed by atoms with Crippen LogP contribution in [-0.4, -0.2) is 34.0 Å². The molecule has 3 heterocycles. The Morgan fingerprint density at radius 2 is 1.76 bits per heavy atom. The topological polar surface area (TPSA) is 53.4 Å². The van der Waals surface area contributed by atoms with Crippen molar-refractivity contribution in [2.75, 3.05) is 13.1 Å². The molecule has 194 valence electrons. The molecule has 1 fully saturated rings. The number of carboxylic acids is 1. The highest BCUT2D eigenvalue weighted by atomic mass is 32.1. The Labute approximate surface area is 228 Å². The van der Waals surface area contributed by atoms with Crippen molar-refractivity contribution in [2.45, 2.75) is 45.6 Å². The molecule has 0 atom stereocenters. The molecule has 0 spiro atoms. The van der Waals surface area contributed by atoms with E-state index in [0.717, 1.165) is 59.2 Å². The Bertz CT molecular complexity index is 1480. The molecule has 2 aliphatic rings. The Morgan fingerprint density at radius 3 is 2.55 bits per heavy atom. The molecule has 0 radical (unpaired) electrons. The highest BCUT2D eigenvalue weighted by Gasteiger charge is 2.31. The fourth-order valence-corrected chi connectivity index (χ4v) is 7.25. The SMILES string of the molecule is CC1CCC(C2=C(c3cc(-c4ccccc4)sc3C(=O)O)CCN(Cc3ccc4ccccc4n3)C2)CC1. The van der Waals surface area contributed by atoms with Crippen LogP contribution >= 0.6 is 11.3 Å². The van der Waals surface area contributed by atoms with Crippen molar-refractivity contribution in [3.63, 3.8) is 0 Å². The summed E-state index contributed by atoms with van der Waals surface area (Å²) in [6.45, 7) is 4.97. The minimum atomic E-state index is -0.820. The van der Waals surface area contributed by atoms with Gasteiger partial charge in [-0.05, 0) is 66.0 Å². The third-order valence-corrected chi connectivity index (χ3v) is 9.49. The molecule has 6 rings (SSSR count). The van der Waals surface area contributed by atoms with Gasteiger partial charge in [0.05, 0.1) is 11.2 Å². The Morgan fingerprint density at radius 1 is 1.00 bits per heavy atom. The highest BCUT2D eigenvalue weighted by Crippen LogP contribution is 2.43.